The molecule has 0 bridgehead atoms. The number of pyridine rings is 1. The molecule has 3 heterocycles. The van der Waals surface area contributed by atoms with Crippen LogP contribution >= 0.6 is 0 Å². The van der Waals surface area contributed by atoms with Gasteiger partial charge >= 0.3 is 0 Å². The minimum atomic E-state index is -0.168. The molecule has 3 aromatic rings. The van der Waals surface area contributed by atoms with Crippen LogP contribution in [0.5, 0.6) is 0 Å². The molecule has 0 saturated heterocycles. The molecule has 3 rings (SSSR count). The molecule has 0 fully saturated rings. The first kappa shape index (κ1) is 14.0. The molecule has 0 unspecified atom stereocenters. The molecule has 22 heavy (non-hydrogen) atoms. The smallest absolute Gasteiger partial charge is 0.242 e. The Morgan fingerprint density at radius 3 is 2.95 bits per heavy atom. The predicted molar refractivity (Wildman–Crippen MR) is 78.5 cm³/mol. The highest BCUT2D eigenvalue weighted by molar-refractivity contribution is 5.76. The lowest BCUT2D eigenvalue weighted by molar-refractivity contribution is -0.122. The Morgan fingerprint density at radius 1 is 1.32 bits per heavy atom. The molecule has 0 aliphatic heterocycles. The second-order valence-electron chi connectivity index (χ2n) is 4.71. The summed E-state index contributed by atoms with van der Waals surface area (Å²) in [7, 11) is 0. The van der Waals surface area contributed by atoms with Gasteiger partial charge in [0.25, 0.3) is 0 Å². The van der Waals surface area contributed by atoms with E-state index in [1.165, 1.54) is 0 Å². The first-order valence-corrected chi connectivity index (χ1v) is 6.84. The zero-order valence-electron chi connectivity index (χ0n) is 12.1. The number of nitrogens with one attached hydrogen (secondary N) is 1. The number of carbonyl (C=O) groups excluding carboxylic acids is 1. The first-order valence-electron chi connectivity index (χ1n) is 6.84. The van der Waals surface area contributed by atoms with Crippen LogP contribution in [0.3, 0.4) is 0 Å². The highest BCUT2D eigenvalue weighted by Gasteiger charge is 2.13. The minimum absolute atomic E-state index is 0.0768. The van der Waals surface area contributed by atoms with E-state index in [1.807, 2.05) is 18.2 Å². The molecule has 0 radical (unpaired) electrons. The van der Waals surface area contributed by atoms with E-state index < -0.39 is 0 Å². The number of hydrogen-bond acceptors (Lipinski definition) is 5. The zero-order chi connectivity index (χ0) is 15.4. The lowest BCUT2D eigenvalue weighted by Crippen LogP contribution is -2.27. The fourth-order valence-electron chi connectivity index (χ4n) is 2.04. The van der Waals surface area contributed by atoms with Crippen molar-refractivity contribution in [2.45, 2.75) is 20.0 Å². The van der Waals surface area contributed by atoms with Crippen LogP contribution in [-0.4, -0.2) is 25.7 Å². The molecule has 1 N–H and O–H groups in total. The summed E-state index contributed by atoms with van der Waals surface area (Å²) in [6.45, 7) is 2.20. The Morgan fingerprint density at radius 2 is 2.23 bits per heavy atom. The Kier molecular flexibility index (Phi) is 3.95. The molecule has 1 amide bonds. The quantitative estimate of drug-likeness (QED) is 0.772. The highest BCUT2D eigenvalue weighted by atomic mass is 16.3. The van der Waals surface area contributed by atoms with Crippen molar-refractivity contribution in [2.24, 2.45) is 0 Å². The van der Waals surface area contributed by atoms with Crippen molar-refractivity contribution < 1.29 is 9.21 Å². The third-order valence-corrected chi connectivity index (χ3v) is 3.00. The van der Waals surface area contributed by atoms with E-state index >= 15 is 0 Å². The van der Waals surface area contributed by atoms with Gasteiger partial charge in [-0.15, -0.1) is 0 Å². The number of aryl methyl sites for hydroxylation is 1. The standard InChI is InChI=1S/C15H15N5O2/c1-11-18-15(13-6-2-3-7-16-13)20(19-11)10-14(21)17-9-12-5-4-8-22-12/h2-8H,9-10H2,1H3,(H,17,21). The summed E-state index contributed by atoms with van der Waals surface area (Å²) >= 11 is 0. The van der Waals surface area contributed by atoms with Crippen molar-refractivity contribution in [3.05, 3.63) is 54.4 Å². The number of furan rings is 1. The number of carbonyl (C=O) groups is 1. The highest BCUT2D eigenvalue weighted by Crippen LogP contribution is 2.13. The maximum atomic E-state index is 12.0. The molecule has 0 aromatic carbocycles. The fraction of sp³-hybridized carbons (Fsp3) is 0.200. The summed E-state index contributed by atoms with van der Waals surface area (Å²) in [4.78, 5) is 20.6. The average molecular weight is 297 g/mol. The van der Waals surface area contributed by atoms with Gasteiger partial charge in [0.15, 0.2) is 5.82 Å². The zero-order valence-corrected chi connectivity index (χ0v) is 12.1. The topological polar surface area (TPSA) is 85.8 Å². The Hall–Kier alpha value is -2.96. The van der Waals surface area contributed by atoms with Crippen LogP contribution in [-0.2, 0) is 17.9 Å². The third kappa shape index (κ3) is 3.20. The van der Waals surface area contributed by atoms with Gasteiger partial charge in [0.05, 0.1) is 12.8 Å². The molecular weight excluding hydrogens is 282 g/mol. The van der Waals surface area contributed by atoms with Gasteiger partial charge in [-0.25, -0.2) is 9.67 Å². The van der Waals surface area contributed by atoms with Crippen molar-refractivity contribution >= 4 is 5.91 Å². The maximum Gasteiger partial charge on any atom is 0.242 e. The van der Waals surface area contributed by atoms with Crippen LogP contribution in [0.1, 0.15) is 11.6 Å². The van der Waals surface area contributed by atoms with Gasteiger partial charge in [0, 0.05) is 6.20 Å². The fourth-order valence-corrected chi connectivity index (χ4v) is 2.04. The third-order valence-electron chi connectivity index (χ3n) is 3.00. The first-order chi connectivity index (χ1) is 10.7. The second-order valence-corrected chi connectivity index (χ2v) is 4.71. The van der Waals surface area contributed by atoms with Crippen LogP contribution in [0.15, 0.2) is 47.2 Å². The van der Waals surface area contributed by atoms with Crippen molar-refractivity contribution in [3.63, 3.8) is 0 Å². The molecular formula is C15H15N5O2. The summed E-state index contributed by atoms with van der Waals surface area (Å²) in [6.07, 6.45) is 3.25. The molecule has 3 aromatic heterocycles. The summed E-state index contributed by atoms with van der Waals surface area (Å²) in [5, 5.41) is 7.03. The predicted octanol–water partition coefficient (Wildman–Crippen LogP) is 1.56. The van der Waals surface area contributed by atoms with Gasteiger partial charge in [0.2, 0.25) is 5.91 Å². The Labute approximate surface area is 127 Å². The minimum Gasteiger partial charge on any atom is -0.467 e. The van der Waals surface area contributed by atoms with E-state index in [0.717, 1.165) is 0 Å². The van der Waals surface area contributed by atoms with E-state index in [9.17, 15) is 4.79 Å². The van der Waals surface area contributed by atoms with Gasteiger partial charge in [-0.3, -0.25) is 9.78 Å². The van der Waals surface area contributed by atoms with Gasteiger partial charge in [-0.05, 0) is 31.2 Å². The van der Waals surface area contributed by atoms with E-state index in [0.29, 0.717) is 29.6 Å². The molecule has 0 atom stereocenters. The number of hydrogen-bond donors (Lipinski definition) is 1. The molecule has 112 valence electrons. The number of nitrogens with zero attached hydrogens (tertiary/aromatic N) is 4. The van der Waals surface area contributed by atoms with Gasteiger partial charge < -0.3 is 9.73 Å². The van der Waals surface area contributed by atoms with Gasteiger partial charge in [-0.2, -0.15) is 5.10 Å². The van der Waals surface area contributed by atoms with E-state index in [4.69, 9.17) is 4.42 Å². The summed E-state index contributed by atoms with van der Waals surface area (Å²) in [6, 6.07) is 9.11. The van der Waals surface area contributed by atoms with Gasteiger partial charge in [-0.1, -0.05) is 6.07 Å². The number of rotatable bonds is 5. The summed E-state index contributed by atoms with van der Waals surface area (Å²) < 4.78 is 6.72. The average Bonchev–Trinajstić information content (AvgIpc) is 3.16. The van der Waals surface area contributed by atoms with Crippen molar-refractivity contribution in [1.29, 1.82) is 0 Å². The van der Waals surface area contributed by atoms with Crippen molar-refractivity contribution in [1.82, 2.24) is 25.1 Å². The molecule has 7 heteroatoms. The van der Waals surface area contributed by atoms with Crippen LogP contribution in [0, 0.1) is 6.92 Å². The molecule has 0 saturated carbocycles. The van der Waals surface area contributed by atoms with Crippen LogP contribution < -0.4 is 5.32 Å². The number of amides is 1. The molecule has 0 aliphatic rings. The normalized spacial score (nSPS) is 10.6. The van der Waals surface area contributed by atoms with E-state index in [-0.39, 0.29) is 12.5 Å². The maximum absolute atomic E-state index is 12.0. The molecule has 0 aliphatic carbocycles. The van der Waals surface area contributed by atoms with E-state index in [1.54, 1.807) is 36.2 Å². The Bertz CT molecular complexity index is 750. The van der Waals surface area contributed by atoms with Crippen LogP contribution in [0.2, 0.25) is 0 Å². The van der Waals surface area contributed by atoms with Crippen LogP contribution in [0.4, 0.5) is 0 Å². The Balaban J connectivity index is 1.71. The molecule has 7 nitrogen and oxygen atoms in total. The van der Waals surface area contributed by atoms with E-state index in [2.05, 4.69) is 20.4 Å². The van der Waals surface area contributed by atoms with Crippen molar-refractivity contribution in [3.8, 4) is 11.5 Å². The van der Waals surface area contributed by atoms with Gasteiger partial charge in [0.1, 0.15) is 23.8 Å². The lowest BCUT2D eigenvalue weighted by Gasteiger charge is -2.06. The van der Waals surface area contributed by atoms with Crippen LogP contribution in [0.25, 0.3) is 11.5 Å². The monoisotopic (exact) mass is 297 g/mol. The SMILES string of the molecule is Cc1nc(-c2ccccn2)n(CC(=O)NCc2ccco2)n1. The summed E-state index contributed by atoms with van der Waals surface area (Å²) in [5.41, 5.74) is 0.682. The van der Waals surface area contributed by atoms with Crippen molar-refractivity contribution in [2.75, 3.05) is 0 Å². The lowest BCUT2D eigenvalue weighted by atomic mass is 10.3. The summed E-state index contributed by atoms with van der Waals surface area (Å²) in [5.74, 6) is 1.71. The largest absolute Gasteiger partial charge is 0.467 e. The second kappa shape index (κ2) is 6.21. The number of aromatic nitrogens is 4. The molecule has 0 spiro atoms.